The van der Waals surface area contributed by atoms with Gasteiger partial charge >= 0.3 is 5.97 Å². The molecule has 10 nitrogen and oxygen atoms in total. The van der Waals surface area contributed by atoms with Gasteiger partial charge in [-0.1, -0.05) is 17.2 Å². The number of hydroxylamine groups is 2. The quantitative estimate of drug-likeness (QED) is 0.717. The second-order valence-electron chi connectivity index (χ2n) is 4.83. The first-order valence-corrected chi connectivity index (χ1v) is 8.06. The van der Waals surface area contributed by atoms with Crippen LogP contribution in [0.4, 0.5) is 0 Å². The van der Waals surface area contributed by atoms with Gasteiger partial charge in [0.05, 0.1) is 17.3 Å². The molecule has 0 radical (unpaired) electrons. The van der Waals surface area contributed by atoms with E-state index >= 15 is 0 Å². The van der Waals surface area contributed by atoms with Gasteiger partial charge in [-0.15, -0.1) is 0 Å². The molecule has 1 aliphatic heterocycles. The number of fused-ring (bicyclic) bond motifs is 1. The molecule has 1 aromatic carbocycles. The zero-order valence-corrected chi connectivity index (χ0v) is 12.8. The van der Waals surface area contributed by atoms with Crippen molar-refractivity contribution < 1.29 is 27.6 Å². The highest BCUT2D eigenvalue weighted by Gasteiger charge is 2.38. The average molecular weight is 350 g/mol. The summed E-state index contributed by atoms with van der Waals surface area (Å²) in [5.74, 6) is -2.49. The molecule has 2 heterocycles. The van der Waals surface area contributed by atoms with E-state index in [1.165, 1.54) is 12.1 Å². The maximum atomic E-state index is 12.0. The zero-order valence-electron chi connectivity index (χ0n) is 11.9. The largest absolute Gasteiger partial charge is 0.354 e. The smallest absolute Gasteiger partial charge is 0.328 e. The number of nitrogens with zero attached hydrogens (tertiary/aromatic N) is 3. The van der Waals surface area contributed by atoms with Crippen LogP contribution in [0.25, 0.3) is 0 Å². The number of aromatic nitrogens is 2. The number of carbonyl (C=O) groups excluding carboxylic acids is 3. The van der Waals surface area contributed by atoms with E-state index < -0.39 is 34.4 Å². The van der Waals surface area contributed by atoms with Crippen molar-refractivity contribution in [2.45, 2.75) is 11.4 Å². The predicted molar refractivity (Wildman–Crippen MR) is 76.6 cm³/mol. The van der Waals surface area contributed by atoms with E-state index in [2.05, 4.69) is 5.10 Å². The molecule has 124 valence electrons. The third-order valence-electron chi connectivity index (χ3n) is 3.18. The lowest BCUT2D eigenvalue weighted by molar-refractivity contribution is -0.169. The second kappa shape index (κ2) is 5.54. The molecule has 0 bridgehead atoms. The van der Waals surface area contributed by atoms with E-state index in [9.17, 15) is 22.8 Å². The van der Waals surface area contributed by atoms with Gasteiger partial charge in [-0.05, 0) is 12.1 Å². The number of imide groups is 1. The van der Waals surface area contributed by atoms with E-state index in [1.54, 1.807) is 12.1 Å². The summed E-state index contributed by atoms with van der Waals surface area (Å²) in [5, 5.41) is 8.92. The highest BCUT2D eigenvalue weighted by Crippen LogP contribution is 2.22. The fourth-order valence-electron chi connectivity index (χ4n) is 2.09. The minimum Gasteiger partial charge on any atom is -0.328 e. The Kier molecular flexibility index (Phi) is 3.66. The molecule has 1 aromatic heterocycles. The number of amides is 2. The van der Waals surface area contributed by atoms with Gasteiger partial charge < -0.3 is 4.84 Å². The maximum Gasteiger partial charge on any atom is 0.354 e. The van der Waals surface area contributed by atoms with Gasteiger partial charge in [0.15, 0.2) is 0 Å². The first kappa shape index (κ1) is 15.8. The molecule has 0 spiro atoms. The molecule has 0 atom stereocenters. The Bertz CT molecular complexity index is 929. The Balaban J connectivity index is 1.71. The van der Waals surface area contributed by atoms with Crippen LogP contribution in [0.5, 0.6) is 0 Å². The van der Waals surface area contributed by atoms with Crippen molar-refractivity contribution in [3.05, 3.63) is 47.8 Å². The number of rotatable bonds is 4. The van der Waals surface area contributed by atoms with Gasteiger partial charge in [0.1, 0.15) is 11.4 Å². The van der Waals surface area contributed by atoms with Crippen LogP contribution in [-0.2, 0) is 26.2 Å². The monoisotopic (exact) mass is 350 g/mol. The number of hydrogen-bond donors (Lipinski definition) is 1. The van der Waals surface area contributed by atoms with E-state index in [0.29, 0.717) is 5.06 Å². The molecule has 0 aliphatic carbocycles. The van der Waals surface area contributed by atoms with Gasteiger partial charge in [0.25, 0.3) is 11.8 Å². The number of primary sulfonamides is 1. The molecule has 0 unspecified atom stereocenters. The maximum absolute atomic E-state index is 12.0. The SMILES string of the molecule is NS(=O)(=O)c1cnn(CC(=O)ON2C(=O)c3ccccc3C2=O)c1. The van der Waals surface area contributed by atoms with Crippen LogP contribution in [-0.4, -0.2) is 41.0 Å². The van der Waals surface area contributed by atoms with Crippen LogP contribution in [0.15, 0.2) is 41.6 Å². The van der Waals surface area contributed by atoms with Crippen LogP contribution in [0, 0.1) is 0 Å². The molecule has 3 rings (SSSR count). The third-order valence-corrected chi connectivity index (χ3v) is 4.05. The van der Waals surface area contributed by atoms with Crippen LogP contribution in [0.3, 0.4) is 0 Å². The minimum absolute atomic E-state index is 0.130. The highest BCUT2D eigenvalue weighted by atomic mass is 32.2. The fourth-order valence-corrected chi connectivity index (χ4v) is 2.55. The van der Waals surface area contributed by atoms with E-state index in [0.717, 1.165) is 17.1 Å². The van der Waals surface area contributed by atoms with Gasteiger partial charge in [-0.3, -0.25) is 14.3 Å². The summed E-state index contributed by atoms with van der Waals surface area (Å²) < 4.78 is 23.2. The lowest BCUT2D eigenvalue weighted by Crippen LogP contribution is -2.34. The molecular formula is C13H10N4O6S. The molecular weight excluding hydrogens is 340 g/mol. The van der Waals surface area contributed by atoms with Crippen molar-refractivity contribution in [2.24, 2.45) is 5.14 Å². The molecule has 2 aromatic rings. The van der Waals surface area contributed by atoms with Crippen LogP contribution in [0.1, 0.15) is 20.7 Å². The lowest BCUT2D eigenvalue weighted by atomic mass is 10.1. The molecule has 11 heteroatoms. The Labute approximate surface area is 135 Å². The summed E-state index contributed by atoms with van der Waals surface area (Å²) in [6, 6.07) is 6.03. The van der Waals surface area contributed by atoms with E-state index in [4.69, 9.17) is 9.98 Å². The van der Waals surface area contributed by atoms with Crippen molar-refractivity contribution in [1.82, 2.24) is 14.8 Å². The number of carbonyl (C=O) groups is 3. The topological polar surface area (TPSA) is 142 Å². The van der Waals surface area contributed by atoms with Crippen molar-refractivity contribution in [2.75, 3.05) is 0 Å². The first-order chi connectivity index (χ1) is 11.3. The summed E-state index contributed by atoms with van der Waals surface area (Å²) >= 11 is 0. The third kappa shape index (κ3) is 2.77. The van der Waals surface area contributed by atoms with Gasteiger partial charge in [0.2, 0.25) is 10.0 Å². The molecule has 24 heavy (non-hydrogen) atoms. The Morgan fingerprint density at radius 1 is 1.17 bits per heavy atom. The molecule has 0 fully saturated rings. The standard InChI is InChI=1S/C13H10N4O6S/c14-24(21,22)8-5-15-16(6-8)7-11(18)23-17-12(19)9-3-1-2-4-10(9)13(17)20/h1-6H,7H2,(H2,14,21,22). The van der Waals surface area contributed by atoms with Crippen LogP contribution < -0.4 is 5.14 Å². The van der Waals surface area contributed by atoms with Crippen molar-refractivity contribution in [3.63, 3.8) is 0 Å². The first-order valence-electron chi connectivity index (χ1n) is 6.51. The van der Waals surface area contributed by atoms with E-state index in [-0.39, 0.29) is 16.0 Å². The van der Waals surface area contributed by atoms with Crippen molar-refractivity contribution in [3.8, 4) is 0 Å². The average Bonchev–Trinajstić information content (AvgIpc) is 3.07. The number of sulfonamides is 1. The summed E-state index contributed by atoms with van der Waals surface area (Å²) in [7, 11) is -3.95. The Hall–Kier alpha value is -3.05. The summed E-state index contributed by atoms with van der Waals surface area (Å²) in [5.41, 5.74) is 0.261. The molecule has 0 saturated carbocycles. The lowest BCUT2D eigenvalue weighted by Gasteiger charge is -2.12. The van der Waals surface area contributed by atoms with Crippen molar-refractivity contribution >= 4 is 27.8 Å². The number of benzene rings is 1. The highest BCUT2D eigenvalue weighted by molar-refractivity contribution is 7.89. The molecule has 2 N–H and O–H groups in total. The molecule has 2 amide bonds. The fraction of sp³-hybridized carbons (Fsp3) is 0.0769. The van der Waals surface area contributed by atoms with Gasteiger partial charge in [0, 0.05) is 6.20 Å². The summed E-state index contributed by atoms with van der Waals surface area (Å²) in [6.07, 6.45) is 1.99. The normalized spacial score (nSPS) is 14.0. The summed E-state index contributed by atoms with van der Waals surface area (Å²) in [4.78, 5) is 40.4. The van der Waals surface area contributed by atoms with Crippen LogP contribution >= 0.6 is 0 Å². The van der Waals surface area contributed by atoms with Crippen LogP contribution in [0.2, 0.25) is 0 Å². The number of hydrogen-bond acceptors (Lipinski definition) is 7. The number of nitrogens with two attached hydrogens (primary N) is 1. The Morgan fingerprint density at radius 3 is 2.25 bits per heavy atom. The van der Waals surface area contributed by atoms with Gasteiger partial charge in [-0.25, -0.2) is 18.4 Å². The predicted octanol–water partition coefficient (Wildman–Crippen LogP) is -0.715. The second-order valence-corrected chi connectivity index (χ2v) is 6.39. The van der Waals surface area contributed by atoms with Crippen molar-refractivity contribution in [1.29, 1.82) is 0 Å². The molecule has 1 aliphatic rings. The van der Waals surface area contributed by atoms with E-state index in [1.807, 2.05) is 0 Å². The summed E-state index contributed by atoms with van der Waals surface area (Å²) in [6.45, 7) is -0.511. The van der Waals surface area contributed by atoms with Gasteiger partial charge in [-0.2, -0.15) is 5.10 Å². The minimum atomic E-state index is -3.95. The molecule has 0 saturated heterocycles. The zero-order chi connectivity index (χ0) is 17.5. The Morgan fingerprint density at radius 2 is 1.75 bits per heavy atom.